The van der Waals surface area contributed by atoms with E-state index in [1.807, 2.05) is 18.7 Å². The van der Waals surface area contributed by atoms with Crippen molar-refractivity contribution in [1.29, 1.82) is 0 Å². The largest absolute Gasteiger partial charge is 0.480 e. The van der Waals surface area contributed by atoms with Crippen molar-refractivity contribution in [3.63, 3.8) is 0 Å². The number of carbonyl (C=O) groups is 2. The van der Waals surface area contributed by atoms with Crippen LogP contribution in [0.2, 0.25) is 0 Å². The summed E-state index contributed by atoms with van der Waals surface area (Å²) in [5, 5.41) is 9.07. The Morgan fingerprint density at radius 3 is 2.65 bits per heavy atom. The second-order valence-electron chi connectivity index (χ2n) is 4.22. The van der Waals surface area contributed by atoms with Crippen molar-refractivity contribution in [2.24, 2.45) is 0 Å². The molecule has 0 aromatic rings. The lowest BCUT2D eigenvalue weighted by molar-refractivity contribution is -0.141. The number of carboxylic acids is 1. The van der Waals surface area contributed by atoms with Crippen molar-refractivity contribution in [2.45, 2.75) is 19.0 Å². The van der Waals surface area contributed by atoms with E-state index in [-0.39, 0.29) is 12.1 Å². The van der Waals surface area contributed by atoms with Crippen molar-refractivity contribution in [2.75, 3.05) is 29.7 Å². The van der Waals surface area contributed by atoms with E-state index in [1.165, 1.54) is 16.7 Å². The van der Waals surface area contributed by atoms with Gasteiger partial charge in [0.25, 0.3) is 0 Å². The first-order valence-corrected chi connectivity index (χ1v) is 7.87. The van der Waals surface area contributed by atoms with Crippen molar-refractivity contribution in [3.05, 3.63) is 0 Å². The van der Waals surface area contributed by atoms with Gasteiger partial charge in [0.1, 0.15) is 6.04 Å². The molecule has 0 spiro atoms. The summed E-state index contributed by atoms with van der Waals surface area (Å²) < 4.78 is 0. The molecule has 0 aromatic heterocycles. The molecule has 2 heterocycles. The minimum atomic E-state index is -0.901. The zero-order chi connectivity index (χ0) is 12.4. The van der Waals surface area contributed by atoms with Gasteiger partial charge in [-0.25, -0.2) is 9.59 Å². The maximum Gasteiger partial charge on any atom is 0.327 e. The third-order valence-corrected chi connectivity index (χ3v) is 5.23. The van der Waals surface area contributed by atoms with Crippen LogP contribution in [0, 0.1) is 0 Å². The molecule has 7 heteroatoms. The van der Waals surface area contributed by atoms with Crippen LogP contribution in [0.4, 0.5) is 4.79 Å². The zero-order valence-electron chi connectivity index (χ0n) is 9.66. The van der Waals surface area contributed by atoms with Gasteiger partial charge in [-0.15, -0.1) is 11.8 Å². The van der Waals surface area contributed by atoms with Crippen LogP contribution in [0.1, 0.15) is 6.92 Å². The highest BCUT2D eigenvalue weighted by Gasteiger charge is 2.38. The van der Waals surface area contributed by atoms with Crippen LogP contribution in [0.5, 0.6) is 0 Å². The Bertz CT molecular complexity index is 327. The Kier molecular flexibility index (Phi) is 4.09. The molecule has 0 aromatic carbocycles. The number of carbonyl (C=O) groups excluding carboxylic acids is 1. The molecule has 0 bridgehead atoms. The number of nitrogens with zero attached hydrogens (tertiary/aromatic N) is 2. The van der Waals surface area contributed by atoms with E-state index in [9.17, 15) is 9.59 Å². The Hall–Kier alpha value is -0.560. The number of rotatable bonds is 1. The van der Waals surface area contributed by atoms with Crippen molar-refractivity contribution >= 4 is 35.5 Å². The molecule has 2 saturated heterocycles. The van der Waals surface area contributed by atoms with E-state index in [0.717, 1.165) is 18.1 Å². The first-order valence-electron chi connectivity index (χ1n) is 5.57. The van der Waals surface area contributed by atoms with E-state index in [0.29, 0.717) is 11.6 Å². The lowest BCUT2D eigenvalue weighted by Crippen LogP contribution is -2.53. The minimum Gasteiger partial charge on any atom is -0.480 e. The van der Waals surface area contributed by atoms with Gasteiger partial charge < -0.3 is 14.9 Å². The lowest BCUT2D eigenvalue weighted by Gasteiger charge is -2.36. The zero-order valence-corrected chi connectivity index (χ0v) is 11.3. The summed E-state index contributed by atoms with van der Waals surface area (Å²) in [5.74, 6) is 1.96. The lowest BCUT2D eigenvalue weighted by atomic mass is 10.3. The Morgan fingerprint density at radius 2 is 2.00 bits per heavy atom. The number of carboxylic acid groups (broad SMARTS) is 1. The maximum absolute atomic E-state index is 12.3. The third-order valence-electron chi connectivity index (χ3n) is 3.03. The molecule has 2 amide bonds. The Labute approximate surface area is 109 Å². The van der Waals surface area contributed by atoms with Crippen LogP contribution in [-0.2, 0) is 4.79 Å². The van der Waals surface area contributed by atoms with Crippen LogP contribution in [-0.4, -0.2) is 68.7 Å². The van der Waals surface area contributed by atoms with Gasteiger partial charge in [-0.05, 0) is 6.92 Å². The first-order chi connectivity index (χ1) is 8.11. The fraction of sp³-hybridized carbons (Fsp3) is 0.800. The van der Waals surface area contributed by atoms with Gasteiger partial charge in [-0.1, -0.05) is 0 Å². The molecule has 0 saturated carbocycles. The number of aliphatic carboxylic acids is 1. The molecule has 1 N–H and O–H groups in total. The highest BCUT2D eigenvalue weighted by atomic mass is 32.2. The molecule has 96 valence electrons. The van der Waals surface area contributed by atoms with Crippen LogP contribution in [0.25, 0.3) is 0 Å². The highest BCUT2D eigenvalue weighted by Crippen LogP contribution is 2.25. The van der Waals surface area contributed by atoms with Crippen LogP contribution < -0.4 is 0 Å². The van der Waals surface area contributed by atoms with Gasteiger partial charge >= 0.3 is 12.0 Å². The topological polar surface area (TPSA) is 60.9 Å². The SMILES string of the molecule is CC1CSCCN1C(=O)N1CSCC1C(=O)O. The van der Waals surface area contributed by atoms with E-state index >= 15 is 0 Å². The maximum atomic E-state index is 12.3. The number of thioether (sulfide) groups is 2. The summed E-state index contributed by atoms with van der Waals surface area (Å²) in [4.78, 5) is 26.6. The number of urea groups is 1. The summed E-state index contributed by atoms with van der Waals surface area (Å²) >= 11 is 3.34. The average molecular weight is 276 g/mol. The van der Waals surface area contributed by atoms with E-state index in [4.69, 9.17) is 5.11 Å². The molecule has 2 fully saturated rings. The summed E-state index contributed by atoms with van der Waals surface area (Å²) in [6.07, 6.45) is 0. The monoisotopic (exact) mass is 276 g/mol. The molecule has 0 aliphatic carbocycles. The van der Waals surface area contributed by atoms with Crippen LogP contribution >= 0.6 is 23.5 Å². The van der Waals surface area contributed by atoms with Gasteiger partial charge in [-0.3, -0.25) is 0 Å². The smallest absolute Gasteiger partial charge is 0.327 e. The van der Waals surface area contributed by atoms with Crippen molar-refractivity contribution in [1.82, 2.24) is 9.80 Å². The van der Waals surface area contributed by atoms with Crippen LogP contribution in [0.3, 0.4) is 0 Å². The molecule has 0 radical (unpaired) electrons. The highest BCUT2D eigenvalue weighted by molar-refractivity contribution is 7.99. The fourth-order valence-electron chi connectivity index (χ4n) is 2.01. The summed E-state index contributed by atoms with van der Waals surface area (Å²) in [6, 6.07) is -0.578. The fourth-order valence-corrected chi connectivity index (χ4v) is 4.16. The van der Waals surface area contributed by atoms with Gasteiger partial charge in [0.05, 0.1) is 5.88 Å². The van der Waals surface area contributed by atoms with Gasteiger partial charge in [0, 0.05) is 29.8 Å². The van der Waals surface area contributed by atoms with Gasteiger partial charge in [-0.2, -0.15) is 11.8 Å². The normalized spacial score (nSPS) is 29.5. The molecular formula is C10H16N2O3S2. The molecule has 2 aliphatic heterocycles. The number of hydrogen-bond donors (Lipinski definition) is 1. The molecule has 17 heavy (non-hydrogen) atoms. The van der Waals surface area contributed by atoms with Crippen molar-refractivity contribution < 1.29 is 14.7 Å². The second-order valence-corrected chi connectivity index (χ2v) is 6.37. The molecule has 2 aliphatic rings. The minimum absolute atomic E-state index is 0.116. The second kappa shape index (κ2) is 5.39. The molecular weight excluding hydrogens is 260 g/mol. The molecule has 2 atom stereocenters. The van der Waals surface area contributed by atoms with Crippen LogP contribution in [0.15, 0.2) is 0 Å². The van der Waals surface area contributed by atoms with Gasteiger partial charge in [0.2, 0.25) is 0 Å². The molecule has 5 nitrogen and oxygen atoms in total. The van der Waals surface area contributed by atoms with E-state index < -0.39 is 12.0 Å². The standard InChI is InChI=1S/C10H16N2O3S2/c1-7-4-16-3-2-11(7)10(15)12-6-17-5-8(12)9(13)14/h7-8H,2-6H2,1H3,(H,13,14). The quantitative estimate of drug-likeness (QED) is 0.774. The van der Waals surface area contributed by atoms with E-state index in [1.54, 1.807) is 4.90 Å². The number of amides is 2. The average Bonchev–Trinajstić information content (AvgIpc) is 2.77. The van der Waals surface area contributed by atoms with Gasteiger partial charge in [0.15, 0.2) is 0 Å². The Balaban J connectivity index is 2.05. The van der Waals surface area contributed by atoms with E-state index in [2.05, 4.69) is 0 Å². The molecule has 2 rings (SSSR count). The Morgan fingerprint density at radius 1 is 1.24 bits per heavy atom. The summed E-state index contributed by atoms with van der Waals surface area (Å²) in [5.41, 5.74) is 0. The summed E-state index contributed by atoms with van der Waals surface area (Å²) in [6.45, 7) is 2.74. The first kappa shape index (κ1) is 12.9. The number of hydrogen-bond acceptors (Lipinski definition) is 4. The molecule has 2 unspecified atom stereocenters. The van der Waals surface area contributed by atoms with Crippen molar-refractivity contribution in [3.8, 4) is 0 Å². The predicted octanol–water partition coefficient (Wildman–Crippen LogP) is 1.00. The predicted molar refractivity (Wildman–Crippen MR) is 69.5 cm³/mol. The third kappa shape index (κ3) is 2.65. The summed E-state index contributed by atoms with van der Waals surface area (Å²) in [7, 11) is 0.